The highest BCUT2D eigenvalue weighted by molar-refractivity contribution is 5.96. The Morgan fingerprint density at radius 1 is 0.732 bits per heavy atom. The first kappa shape index (κ1) is 29.3. The minimum absolute atomic E-state index is 0.0304. The molecule has 2 N–H and O–H groups in total. The molecule has 0 radical (unpaired) electrons. The molecule has 0 aliphatic heterocycles. The van der Waals surface area contributed by atoms with E-state index < -0.39 is 23.8 Å². The fourth-order valence-corrected chi connectivity index (χ4v) is 4.84. The summed E-state index contributed by atoms with van der Waals surface area (Å²) >= 11 is 0. The van der Waals surface area contributed by atoms with E-state index in [-0.39, 0.29) is 12.3 Å². The maximum atomic E-state index is 14.1. The van der Waals surface area contributed by atoms with Crippen molar-refractivity contribution in [3.8, 4) is 0 Å². The van der Waals surface area contributed by atoms with E-state index in [1.165, 1.54) is 0 Å². The maximum Gasteiger partial charge on any atom is 0.326 e. The molecular weight excluding hydrogens is 512 g/mol. The Morgan fingerprint density at radius 3 is 1.78 bits per heavy atom. The second kappa shape index (κ2) is 14.6. The van der Waals surface area contributed by atoms with Crippen LogP contribution < -0.4 is 5.32 Å². The smallest absolute Gasteiger partial charge is 0.326 e. The number of carboxylic acid groups (broad SMARTS) is 1. The monoisotopic (exact) mass is 548 g/mol. The van der Waals surface area contributed by atoms with Crippen molar-refractivity contribution < 1.29 is 19.5 Å². The summed E-state index contributed by atoms with van der Waals surface area (Å²) in [4.78, 5) is 40.7. The van der Waals surface area contributed by atoms with Crippen LogP contribution in [0.3, 0.4) is 0 Å². The van der Waals surface area contributed by atoms with E-state index in [2.05, 4.69) is 12.2 Å². The van der Waals surface area contributed by atoms with Gasteiger partial charge in [0.2, 0.25) is 5.91 Å². The third-order valence-corrected chi connectivity index (χ3v) is 7.08. The molecule has 0 bridgehead atoms. The molecule has 0 unspecified atom stereocenters. The molecule has 4 rings (SSSR count). The van der Waals surface area contributed by atoms with Gasteiger partial charge in [-0.25, -0.2) is 4.79 Å². The second-order valence-electron chi connectivity index (χ2n) is 10.1. The number of rotatable bonds is 13. The third-order valence-electron chi connectivity index (χ3n) is 7.08. The molecule has 2 amide bonds. The van der Waals surface area contributed by atoms with Crippen molar-refractivity contribution in [3.05, 3.63) is 143 Å². The quantitative estimate of drug-likeness (QED) is 0.212. The van der Waals surface area contributed by atoms with Gasteiger partial charge in [-0.3, -0.25) is 9.59 Å². The molecule has 0 aliphatic rings. The molecule has 0 fully saturated rings. The topological polar surface area (TPSA) is 86.7 Å². The third kappa shape index (κ3) is 8.15. The number of unbranched alkanes of at least 4 members (excludes halogenated alkanes) is 1. The zero-order valence-corrected chi connectivity index (χ0v) is 23.3. The molecule has 4 aromatic rings. The van der Waals surface area contributed by atoms with Gasteiger partial charge in [0.05, 0.1) is 5.92 Å². The van der Waals surface area contributed by atoms with E-state index in [0.29, 0.717) is 18.7 Å². The van der Waals surface area contributed by atoms with Crippen LogP contribution in [0, 0.1) is 0 Å². The van der Waals surface area contributed by atoms with Gasteiger partial charge in [0.1, 0.15) is 6.04 Å². The first-order valence-corrected chi connectivity index (χ1v) is 14.0. The summed E-state index contributed by atoms with van der Waals surface area (Å²) in [5.41, 5.74) is 3.98. The summed E-state index contributed by atoms with van der Waals surface area (Å²) in [5, 5.41) is 12.3. The lowest BCUT2D eigenvalue weighted by molar-refractivity contribution is -0.139. The van der Waals surface area contributed by atoms with Crippen molar-refractivity contribution in [1.29, 1.82) is 0 Å². The number of nitrogens with one attached hydrogen (secondary N) is 1. The first-order valence-electron chi connectivity index (χ1n) is 14.0. The summed E-state index contributed by atoms with van der Waals surface area (Å²) in [5.74, 6) is -1.93. The Hall–Kier alpha value is -4.71. The van der Waals surface area contributed by atoms with Gasteiger partial charge in [0.25, 0.3) is 5.91 Å². The summed E-state index contributed by atoms with van der Waals surface area (Å²) in [6.07, 6.45) is 2.02. The van der Waals surface area contributed by atoms with Crippen molar-refractivity contribution in [1.82, 2.24) is 10.2 Å². The standard InChI is InChI=1S/C35H36N2O4/c1-2-3-23-37(34(39)32(28-15-9-5-10-16-28)29-17-11-6-12-18-29)25-27-19-21-30(22-20-27)33(38)36-31(35(40)41)24-26-13-7-4-8-14-26/h4-22,31-32H,2-3,23-25H2,1H3,(H,36,38)(H,40,41)/t31-/m0/s1. The number of carbonyl (C=O) groups excluding carboxylic acids is 2. The molecular formula is C35H36N2O4. The Kier molecular flexibility index (Phi) is 10.4. The van der Waals surface area contributed by atoms with Gasteiger partial charge in [-0.1, -0.05) is 116 Å². The van der Waals surface area contributed by atoms with Crippen LogP contribution in [-0.2, 0) is 22.6 Å². The van der Waals surface area contributed by atoms with E-state index in [0.717, 1.165) is 35.1 Å². The summed E-state index contributed by atoms with van der Waals surface area (Å²) in [6.45, 7) is 3.13. The molecule has 210 valence electrons. The summed E-state index contributed by atoms with van der Waals surface area (Å²) < 4.78 is 0. The number of carbonyl (C=O) groups is 3. The maximum absolute atomic E-state index is 14.1. The fourth-order valence-electron chi connectivity index (χ4n) is 4.84. The molecule has 0 aliphatic carbocycles. The average molecular weight is 549 g/mol. The SMILES string of the molecule is CCCCN(Cc1ccc(C(=O)N[C@@H](Cc2ccccc2)C(=O)O)cc1)C(=O)C(c1ccccc1)c1ccccc1. The Balaban J connectivity index is 1.50. The minimum atomic E-state index is -1.09. The number of hydrogen-bond donors (Lipinski definition) is 2. The highest BCUT2D eigenvalue weighted by Crippen LogP contribution is 2.28. The largest absolute Gasteiger partial charge is 0.480 e. The van der Waals surface area contributed by atoms with Crippen molar-refractivity contribution in [3.63, 3.8) is 0 Å². The van der Waals surface area contributed by atoms with Gasteiger partial charge in [0, 0.05) is 25.1 Å². The Labute approximate surface area is 241 Å². The van der Waals surface area contributed by atoms with Crippen LogP contribution in [0.15, 0.2) is 115 Å². The lowest BCUT2D eigenvalue weighted by Crippen LogP contribution is -2.42. The highest BCUT2D eigenvalue weighted by atomic mass is 16.4. The Bertz CT molecular complexity index is 1370. The predicted molar refractivity (Wildman–Crippen MR) is 161 cm³/mol. The molecule has 41 heavy (non-hydrogen) atoms. The van der Waals surface area contributed by atoms with Crippen molar-refractivity contribution in [2.24, 2.45) is 0 Å². The average Bonchev–Trinajstić information content (AvgIpc) is 3.01. The lowest BCUT2D eigenvalue weighted by atomic mass is 9.89. The molecule has 6 heteroatoms. The highest BCUT2D eigenvalue weighted by Gasteiger charge is 2.27. The van der Waals surface area contributed by atoms with E-state index in [1.807, 2.05) is 108 Å². The Morgan fingerprint density at radius 2 is 1.27 bits per heavy atom. The van der Waals surface area contributed by atoms with Crippen LogP contribution in [0.25, 0.3) is 0 Å². The summed E-state index contributed by atoms with van der Waals surface area (Å²) in [6, 6.07) is 34.8. The summed E-state index contributed by atoms with van der Waals surface area (Å²) in [7, 11) is 0. The molecule has 0 saturated heterocycles. The number of hydrogen-bond acceptors (Lipinski definition) is 3. The van der Waals surface area contributed by atoms with Crippen LogP contribution in [0.4, 0.5) is 0 Å². The number of carboxylic acids is 1. The predicted octanol–water partition coefficient (Wildman–Crippen LogP) is 6.07. The van der Waals surface area contributed by atoms with Gasteiger partial charge >= 0.3 is 5.97 Å². The van der Waals surface area contributed by atoms with Crippen molar-refractivity contribution in [2.75, 3.05) is 6.54 Å². The number of nitrogens with zero attached hydrogens (tertiary/aromatic N) is 1. The lowest BCUT2D eigenvalue weighted by Gasteiger charge is -2.28. The van der Waals surface area contributed by atoms with Gasteiger partial charge < -0.3 is 15.3 Å². The normalized spacial score (nSPS) is 11.6. The molecule has 0 heterocycles. The molecule has 1 atom stereocenters. The zero-order valence-electron chi connectivity index (χ0n) is 23.3. The molecule has 0 saturated carbocycles. The second-order valence-corrected chi connectivity index (χ2v) is 10.1. The van der Waals surface area contributed by atoms with Crippen LogP contribution in [-0.4, -0.2) is 40.4 Å². The van der Waals surface area contributed by atoms with Crippen LogP contribution in [0.1, 0.15) is 58.3 Å². The number of benzene rings is 4. The van der Waals surface area contributed by atoms with Crippen LogP contribution >= 0.6 is 0 Å². The zero-order chi connectivity index (χ0) is 29.0. The molecule has 4 aromatic carbocycles. The van der Waals surface area contributed by atoms with Crippen LogP contribution in [0.2, 0.25) is 0 Å². The fraction of sp³-hybridized carbons (Fsp3) is 0.229. The molecule has 6 nitrogen and oxygen atoms in total. The van der Waals surface area contributed by atoms with Crippen LogP contribution in [0.5, 0.6) is 0 Å². The molecule has 0 aromatic heterocycles. The van der Waals surface area contributed by atoms with E-state index in [9.17, 15) is 19.5 Å². The number of amides is 2. The van der Waals surface area contributed by atoms with E-state index >= 15 is 0 Å². The van der Waals surface area contributed by atoms with Crippen molar-refractivity contribution >= 4 is 17.8 Å². The number of aliphatic carboxylic acids is 1. The minimum Gasteiger partial charge on any atom is -0.480 e. The van der Waals surface area contributed by atoms with Gasteiger partial charge in [-0.2, -0.15) is 0 Å². The van der Waals surface area contributed by atoms with Gasteiger partial charge in [0.15, 0.2) is 0 Å². The van der Waals surface area contributed by atoms with Gasteiger partial charge in [-0.15, -0.1) is 0 Å². The first-order chi connectivity index (χ1) is 20.0. The van der Waals surface area contributed by atoms with E-state index in [1.54, 1.807) is 12.1 Å². The van der Waals surface area contributed by atoms with Gasteiger partial charge in [-0.05, 0) is 40.8 Å². The van der Waals surface area contributed by atoms with E-state index in [4.69, 9.17) is 0 Å². The van der Waals surface area contributed by atoms with Crippen molar-refractivity contribution in [2.45, 2.75) is 44.7 Å². The molecule has 0 spiro atoms.